The van der Waals surface area contributed by atoms with E-state index in [9.17, 15) is 26.4 Å². The van der Waals surface area contributed by atoms with Crippen LogP contribution in [0.4, 0.5) is 13.2 Å². The number of carbonyl (C=O) groups is 1. The van der Waals surface area contributed by atoms with E-state index < -0.39 is 26.7 Å². The fourth-order valence-corrected chi connectivity index (χ4v) is 4.91. The first kappa shape index (κ1) is 26.4. The van der Waals surface area contributed by atoms with Gasteiger partial charge in [0, 0.05) is 52.4 Å². The van der Waals surface area contributed by atoms with E-state index in [1.807, 2.05) is 31.3 Å². The summed E-state index contributed by atoms with van der Waals surface area (Å²) in [6, 6.07) is 11.7. The maximum absolute atomic E-state index is 13.2. The van der Waals surface area contributed by atoms with Crippen molar-refractivity contribution in [2.24, 2.45) is 4.99 Å². The molecule has 1 aliphatic heterocycles. The molecule has 0 fully saturated rings. The minimum absolute atomic E-state index is 0.265. The van der Waals surface area contributed by atoms with Crippen LogP contribution in [0.15, 0.2) is 70.6 Å². The Labute approximate surface area is 203 Å². The number of carbonyl (C=O) groups excluding carboxylic acids is 1. The third-order valence-electron chi connectivity index (χ3n) is 5.57. The summed E-state index contributed by atoms with van der Waals surface area (Å²) < 4.78 is 65.8. The molecule has 2 aromatic rings. The van der Waals surface area contributed by atoms with Crippen molar-refractivity contribution < 1.29 is 26.4 Å². The van der Waals surface area contributed by atoms with Gasteiger partial charge < -0.3 is 9.80 Å². The molecule has 0 N–H and O–H groups in total. The zero-order chi connectivity index (χ0) is 25.8. The summed E-state index contributed by atoms with van der Waals surface area (Å²) in [5.74, 6) is 0.566. The van der Waals surface area contributed by atoms with E-state index in [2.05, 4.69) is 9.89 Å². The highest BCUT2D eigenvalue weighted by Gasteiger charge is 2.37. The lowest BCUT2D eigenvalue weighted by molar-refractivity contribution is -0.140. The molecule has 1 heterocycles. The molecule has 1 aliphatic rings. The number of aliphatic imine (C=N–C) groups is 1. The van der Waals surface area contributed by atoms with Crippen molar-refractivity contribution >= 4 is 21.8 Å². The molecule has 0 atom stereocenters. The van der Waals surface area contributed by atoms with Crippen LogP contribution in [0.1, 0.15) is 16.7 Å². The number of nitrogens with zero attached hydrogens (tertiary/aromatic N) is 4. The molecule has 0 saturated heterocycles. The number of hydrogen-bond donors (Lipinski definition) is 0. The highest BCUT2D eigenvalue weighted by molar-refractivity contribution is 7.89. The topological polar surface area (TPSA) is 73.3 Å². The van der Waals surface area contributed by atoms with Gasteiger partial charge in [0.25, 0.3) is 0 Å². The van der Waals surface area contributed by atoms with E-state index in [1.54, 1.807) is 7.05 Å². The molecule has 11 heteroatoms. The van der Waals surface area contributed by atoms with E-state index in [4.69, 9.17) is 0 Å². The van der Waals surface area contributed by atoms with Crippen LogP contribution in [0, 0.1) is 0 Å². The van der Waals surface area contributed by atoms with Gasteiger partial charge >= 0.3 is 6.18 Å². The monoisotopic (exact) mass is 508 g/mol. The highest BCUT2D eigenvalue weighted by atomic mass is 32.2. The molecule has 0 bridgehead atoms. The van der Waals surface area contributed by atoms with Crippen LogP contribution in [0.25, 0.3) is 0 Å². The van der Waals surface area contributed by atoms with Crippen molar-refractivity contribution in [2.45, 2.75) is 17.6 Å². The Morgan fingerprint density at radius 1 is 1.11 bits per heavy atom. The zero-order valence-electron chi connectivity index (χ0n) is 19.7. The molecule has 0 aliphatic carbocycles. The van der Waals surface area contributed by atoms with E-state index in [1.165, 1.54) is 23.1 Å². The van der Waals surface area contributed by atoms with Gasteiger partial charge in [-0.2, -0.15) is 17.5 Å². The summed E-state index contributed by atoms with van der Waals surface area (Å²) in [4.78, 5) is 19.6. The van der Waals surface area contributed by atoms with Crippen LogP contribution < -0.4 is 0 Å². The Morgan fingerprint density at radius 2 is 1.77 bits per heavy atom. The Morgan fingerprint density at radius 3 is 2.37 bits per heavy atom. The van der Waals surface area contributed by atoms with Gasteiger partial charge in [-0.3, -0.25) is 9.79 Å². The SMILES string of the molecule is CN(Cc1ccc(C2=NCCN2C)cc1)C(=O)C=CCN(C)S(=O)(=O)c1ccccc1C(F)(F)F. The van der Waals surface area contributed by atoms with E-state index >= 15 is 0 Å². The molecule has 188 valence electrons. The molecule has 0 spiro atoms. The molecule has 2 aromatic carbocycles. The van der Waals surface area contributed by atoms with E-state index in [0.717, 1.165) is 59.6 Å². The van der Waals surface area contributed by atoms with Crippen molar-refractivity contribution in [1.82, 2.24) is 14.1 Å². The van der Waals surface area contributed by atoms with Crippen molar-refractivity contribution in [1.29, 1.82) is 0 Å². The van der Waals surface area contributed by atoms with Crippen LogP contribution in [-0.4, -0.2) is 75.0 Å². The average Bonchev–Trinajstić information content (AvgIpc) is 3.24. The van der Waals surface area contributed by atoms with Crippen molar-refractivity contribution in [2.75, 3.05) is 40.8 Å². The van der Waals surface area contributed by atoms with Crippen LogP contribution in [0.3, 0.4) is 0 Å². The second kappa shape index (κ2) is 10.6. The van der Waals surface area contributed by atoms with Gasteiger partial charge in [0.2, 0.25) is 15.9 Å². The lowest BCUT2D eigenvalue weighted by Gasteiger charge is -2.19. The minimum atomic E-state index is -4.81. The summed E-state index contributed by atoms with van der Waals surface area (Å²) >= 11 is 0. The van der Waals surface area contributed by atoms with Gasteiger partial charge in [0.05, 0.1) is 17.0 Å². The van der Waals surface area contributed by atoms with Gasteiger partial charge in [0.1, 0.15) is 5.84 Å². The largest absolute Gasteiger partial charge is 0.417 e. The van der Waals surface area contributed by atoms with Gasteiger partial charge in [-0.25, -0.2) is 8.42 Å². The Balaban J connectivity index is 1.60. The van der Waals surface area contributed by atoms with Gasteiger partial charge in [-0.1, -0.05) is 42.5 Å². The number of benzene rings is 2. The Bertz CT molecular complexity index is 1230. The van der Waals surface area contributed by atoms with Crippen LogP contribution in [-0.2, 0) is 27.5 Å². The molecule has 7 nitrogen and oxygen atoms in total. The predicted molar refractivity (Wildman–Crippen MR) is 127 cm³/mol. The fraction of sp³-hybridized carbons (Fsp3) is 0.333. The highest BCUT2D eigenvalue weighted by Crippen LogP contribution is 2.34. The van der Waals surface area contributed by atoms with Gasteiger partial charge in [-0.05, 0) is 17.7 Å². The molecule has 35 heavy (non-hydrogen) atoms. The lowest BCUT2D eigenvalue weighted by Crippen LogP contribution is -2.29. The Hall–Kier alpha value is -3.18. The third-order valence-corrected chi connectivity index (χ3v) is 7.45. The third kappa shape index (κ3) is 6.29. The Kier molecular flexibility index (Phi) is 8.01. The number of sulfonamides is 1. The number of alkyl halides is 3. The van der Waals surface area contributed by atoms with Gasteiger partial charge in [-0.15, -0.1) is 0 Å². The summed E-state index contributed by atoms with van der Waals surface area (Å²) in [7, 11) is 0.340. The molecule has 1 amide bonds. The number of amidine groups is 1. The predicted octanol–water partition coefficient (Wildman–Crippen LogP) is 3.23. The zero-order valence-corrected chi connectivity index (χ0v) is 20.5. The van der Waals surface area contributed by atoms with Gasteiger partial charge in [0.15, 0.2) is 0 Å². The molecular weight excluding hydrogens is 481 g/mol. The van der Waals surface area contributed by atoms with Crippen molar-refractivity contribution in [3.8, 4) is 0 Å². The summed E-state index contributed by atoms with van der Waals surface area (Å²) in [5, 5.41) is 0. The maximum Gasteiger partial charge on any atom is 0.417 e. The van der Waals surface area contributed by atoms with Crippen molar-refractivity contribution in [3.63, 3.8) is 0 Å². The normalized spacial score (nSPS) is 14.6. The number of likely N-dealkylation sites (N-methyl/N-ethyl adjacent to an activating group) is 3. The molecule has 3 rings (SSSR count). The summed E-state index contributed by atoms with van der Waals surface area (Å²) in [5.41, 5.74) is 0.672. The number of hydrogen-bond acceptors (Lipinski definition) is 5. The summed E-state index contributed by atoms with van der Waals surface area (Å²) in [6.45, 7) is 1.71. The maximum atomic E-state index is 13.2. The van der Waals surface area contributed by atoms with Crippen LogP contribution in [0.2, 0.25) is 0 Å². The molecule has 0 aromatic heterocycles. The minimum Gasteiger partial charge on any atom is -0.358 e. The van der Waals surface area contributed by atoms with E-state index in [0.29, 0.717) is 6.54 Å². The molecule has 0 radical (unpaired) electrons. The first-order valence-electron chi connectivity index (χ1n) is 10.8. The van der Waals surface area contributed by atoms with Crippen molar-refractivity contribution in [3.05, 3.63) is 77.4 Å². The number of halogens is 3. The molecule has 0 saturated carbocycles. The standard InChI is InChI=1S/C24H27F3N4O3S/c1-29-16-14-28-23(29)19-12-10-18(11-13-19)17-30(2)22(32)9-6-15-31(3)35(33,34)21-8-5-4-7-20(21)24(25,26)27/h4-13H,14-17H2,1-3H3. The number of amides is 1. The average molecular weight is 509 g/mol. The number of rotatable bonds is 8. The quantitative estimate of drug-likeness (QED) is 0.514. The first-order valence-corrected chi connectivity index (χ1v) is 12.2. The molecule has 0 unspecified atom stereocenters. The van der Waals surface area contributed by atoms with E-state index in [-0.39, 0.29) is 12.5 Å². The smallest absolute Gasteiger partial charge is 0.358 e. The second-order valence-electron chi connectivity index (χ2n) is 8.20. The van der Waals surface area contributed by atoms with Crippen LogP contribution in [0.5, 0.6) is 0 Å². The first-order chi connectivity index (χ1) is 16.4. The lowest BCUT2D eigenvalue weighted by atomic mass is 10.1. The fourth-order valence-electron chi connectivity index (χ4n) is 3.58. The molecular formula is C24H27F3N4O3S. The van der Waals surface area contributed by atoms with Crippen LogP contribution >= 0.6 is 0 Å². The second-order valence-corrected chi connectivity index (χ2v) is 10.2. The summed E-state index contributed by atoms with van der Waals surface area (Å²) in [6.07, 6.45) is -2.29.